The molecule has 9 heteroatoms. The van der Waals surface area contributed by atoms with Crippen LogP contribution in [0.4, 0.5) is 5.69 Å². The van der Waals surface area contributed by atoms with E-state index < -0.39 is 5.97 Å². The van der Waals surface area contributed by atoms with Gasteiger partial charge in [0.05, 0.1) is 17.3 Å². The van der Waals surface area contributed by atoms with Crippen molar-refractivity contribution in [3.63, 3.8) is 0 Å². The fourth-order valence-electron chi connectivity index (χ4n) is 4.58. The van der Waals surface area contributed by atoms with E-state index >= 15 is 0 Å². The number of carbonyl (C=O) groups excluding carboxylic acids is 1. The van der Waals surface area contributed by atoms with Gasteiger partial charge in [0.2, 0.25) is 5.91 Å². The number of hydrogen-bond donors (Lipinski definition) is 3. The number of amides is 1. The minimum atomic E-state index is -1.01. The van der Waals surface area contributed by atoms with E-state index in [0.29, 0.717) is 28.7 Å². The number of thiocarbonyl (C=S) groups is 1. The Labute approximate surface area is 225 Å². The molecule has 3 heterocycles. The zero-order valence-corrected chi connectivity index (χ0v) is 21.4. The predicted molar refractivity (Wildman–Crippen MR) is 148 cm³/mol. The third-order valence-corrected chi connectivity index (χ3v) is 6.86. The number of nitrogens with one attached hydrogen (secondary N) is 2. The fraction of sp³-hybridized carbons (Fsp3) is 0.172. The molecule has 3 N–H and O–H groups in total. The van der Waals surface area contributed by atoms with Gasteiger partial charge in [0.15, 0.2) is 5.11 Å². The molecule has 192 valence electrons. The first-order valence-corrected chi connectivity index (χ1v) is 12.6. The Balaban J connectivity index is 1.41. The summed E-state index contributed by atoms with van der Waals surface area (Å²) in [6.07, 6.45) is 1.94. The average molecular weight is 527 g/mol. The summed E-state index contributed by atoms with van der Waals surface area (Å²) in [6.45, 7) is 2.31. The number of aryl methyl sites for hydroxylation is 1. The van der Waals surface area contributed by atoms with E-state index in [1.807, 2.05) is 66.4 Å². The van der Waals surface area contributed by atoms with Crippen LogP contribution in [0.1, 0.15) is 45.9 Å². The zero-order valence-electron chi connectivity index (χ0n) is 20.6. The first-order chi connectivity index (χ1) is 18.4. The van der Waals surface area contributed by atoms with Gasteiger partial charge < -0.3 is 25.1 Å². The Morgan fingerprint density at radius 3 is 2.66 bits per heavy atom. The molecule has 1 amide bonds. The highest BCUT2D eigenvalue weighted by Gasteiger charge is 2.41. The van der Waals surface area contributed by atoms with Crippen LogP contribution in [0.3, 0.4) is 0 Å². The van der Waals surface area contributed by atoms with E-state index in [0.717, 1.165) is 16.9 Å². The second kappa shape index (κ2) is 10.9. The molecule has 1 saturated heterocycles. The summed E-state index contributed by atoms with van der Waals surface area (Å²) in [6, 6.07) is 22.9. The maximum atomic E-state index is 12.8. The maximum absolute atomic E-state index is 12.8. The molecule has 0 spiro atoms. The molecule has 8 nitrogen and oxygen atoms in total. The number of anilines is 1. The number of aromatic nitrogens is 1. The first-order valence-electron chi connectivity index (χ1n) is 12.2. The normalized spacial score (nSPS) is 16.8. The summed E-state index contributed by atoms with van der Waals surface area (Å²) in [5, 5.41) is 16.2. The Hall–Kier alpha value is -4.50. The van der Waals surface area contributed by atoms with Crippen molar-refractivity contribution in [1.82, 2.24) is 15.2 Å². The Morgan fingerprint density at radius 1 is 1.08 bits per heavy atom. The maximum Gasteiger partial charge on any atom is 0.335 e. The topological polar surface area (TPSA) is 108 Å². The summed E-state index contributed by atoms with van der Waals surface area (Å²) < 4.78 is 6.27. The molecule has 1 aliphatic rings. The van der Waals surface area contributed by atoms with Crippen LogP contribution in [0.2, 0.25) is 0 Å². The number of pyridine rings is 1. The van der Waals surface area contributed by atoms with Crippen LogP contribution in [0, 0.1) is 6.92 Å². The van der Waals surface area contributed by atoms with Crippen molar-refractivity contribution in [3.05, 3.63) is 108 Å². The molecular weight excluding hydrogens is 500 g/mol. The van der Waals surface area contributed by atoms with Crippen LogP contribution in [0.25, 0.3) is 11.3 Å². The lowest BCUT2D eigenvalue weighted by atomic mass is 10.0. The summed E-state index contributed by atoms with van der Waals surface area (Å²) in [5.74, 6) is 0.0445. The molecule has 4 aromatic rings. The summed E-state index contributed by atoms with van der Waals surface area (Å²) in [5.41, 5.74) is 3.39. The number of benzene rings is 2. The zero-order chi connectivity index (χ0) is 26.6. The molecule has 2 atom stereocenters. The predicted octanol–water partition coefficient (Wildman–Crippen LogP) is 5.35. The van der Waals surface area contributed by atoms with Crippen molar-refractivity contribution >= 4 is 34.9 Å². The second-order valence-electron chi connectivity index (χ2n) is 9.02. The number of carboxylic acid groups (broad SMARTS) is 1. The standard InChI is InChI=1S/C29H26N4O4S/c1-18-7-2-3-10-21(18)31-25(34)14-16-33-27(26(32-29(33)38)22-11-4-5-15-30-22)24-13-12-23(37-24)19-8-6-9-20(17-19)28(35)36/h2-13,15,17,26-27H,14,16H2,1H3,(H,31,34)(H,32,38)(H,35,36)/t26-,27-/m1/s1. The molecule has 0 radical (unpaired) electrons. The summed E-state index contributed by atoms with van der Waals surface area (Å²) in [7, 11) is 0. The highest BCUT2D eigenvalue weighted by atomic mass is 32.1. The summed E-state index contributed by atoms with van der Waals surface area (Å²) in [4.78, 5) is 30.7. The van der Waals surface area contributed by atoms with E-state index in [-0.39, 0.29) is 30.0 Å². The van der Waals surface area contributed by atoms with Gasteiger partial charge >= 0.3 is 5.97 Å². The Kier molecular flexibility index (Phi) is 7.19. The monoisotopic (exact) mass is 526 g/mol. The molecule has 0 unspecified atom stereocenters. The van der Waals surface area contributed by atoms with Gasteiger partial charge in [-0.25, -0.2) is 4.79 Å². The van der Waals surface area contributed by atoms with Gasteiger partial charge in [-0.3, -0.25) is 9.78 Å². The molecule has 0 bridgehead atoms. The van der Waals surface area contributed by atoms with Crippen molar-refractivity contribution in [2.24, 2.45) is 0 Å². The van der Waals surface area contributed by atoms with E-state index in [1.165, 1.54) is 6.07 Å². The fourth-order valence-corrected chi connectivity index (χ4v) is 4.91. The minimum absolute atomic E-state index is 0.118. The average Bonchev–Trinajstić information content (AvgIpc) is 3.54. The Bertz CT molecular complexity index is 1490. The molecule has 38 heavy (non-hydrogen) atoms. The van der Waals surface area contributed by atoms with Gasteiger partial charge in [-0.1, -0.05) is 36.4 Å². The minimum Gasteiger partial charge on any atom is -0.478 e. The van der Waals surface area contributed by atoms with Crippen LogP contribution in [0.15, 0.2) is 89.5 Å². The van der Waals surface area contributed by atoms with Gasteiger partial charge in [0.1, 0.15) is 17.6 Å². The third-order valence-electron chi connectivity index (χ3n) is 6.51. The number of furan rings is 1. The lowest BCUT2D eigenvalue weighted by molar-refractivity contribution is -0.116. The highest BCUT2D eigenvalue weighted by Crippen LogP contribution is 2.40. The van der Waals surface area contributed by atoms with E-state index in [2.05, 4.69) is 15.6 Å². The smallest absolute Gasteiger partial charge is 0.335 e. The van der Waals surface area contributed by atoms with Gasteiger partial charge in [0.25, 0.3) is 0 Å². The molecule has 5 rings (SSSR count). The Morgan fingerprint density at radius 2 is 1.89 bits per heavy atom. The molecule has 2 aromatic carbocycles. The number of hydrogen-bond acceptors (Lipinski definition) is 5. The summed E-state index contributed by atoms with van der Waals surface area (Å²) >= 11 is 5.69. The van der Waals surface area contributed by atoms with Gasteiger partial charge in [0, 0.05) is 30.4 Å². The number of carboxylic acids is 1. The van der Waals surface area contributed by atoms with E-state index in [9.17, 15) is 14.7 Å². The molecule has 0 saturated carbocycles. The van der Waals surface area contributed by atoms with Crippen molar-refractivity contribution in [3.8, 4) is 11.3 Å². The van der Waals surface area contributed by atoms with Crippen molar-refractivity contribution in [1.29, 1.82) is 0 Å². The van der Waals surface area contributed by atoms with Gasteiger partial charge in [-0.15, -0.1) is 0 Å². The van der Waals surface area contributed by atoms with Crippen molar-refractivity contribution in [2.75, 3.05) is 11.9 Å². The number of nitrogens with zero attached hydrogens (tertiary/aromatic N) is 2. The van der Waals surface area contributed by atoms with Gasteiger partial charge in [-0.2, -0.15) is 0 Å². The van der Waals surface area contributed by atoms with E-state index in [4.69, 9.17) is 16.6 Å². The molecule has 1 aliphatic heterocycles. The quantitative estimate of drug-likeness (QED) is 0.264. The first kappa shape index (κ1) is 25.2. The lowest BCUT2D eigenvalue weighted by Crippen LogP contribution is -2.32. The van der Waals surface area contributed by atoms with Crippen LogP contribution >= 0.6 is 12.2 Å². The molecule has 1 fully saturated rings. The van der Waals surface area contributed by atoms with Crippen LogP contribution in [-0.2, 0) is 4.79 Å². The largest absolute Gasteiger partial charge is 0.478 e. The van der Waals surface area contributed by atoms with Crippen LogP contribution in [0.5, 0.6) is 0 Å². The van der Waals surface area contributed by atoms with Crippen LogP contribution < -0.4 is 10.6 Å². The van der Waals surface area contributed by atoms with Gasteiger partial charge in [-0.05, 0) is 67.2 Å². The van der Waals surface area contributed by atoms with Crippen molar-refractivity contribution in [2.45, 2.75) is 25.4 Å². The number of rotatable bonds is 8. The number of carbonyl (C=O) groups is 2. The third kappa shape index (κ3) is 5.28. The SMILES string of the molecule is Cc1ccccc1NC(=O)CCN1C(=S)N[C@H](c2ccccn2)[C@H]1c1ccc(-c2cccc(C(=O)O)c2)o1. The molecule has 0 aliphatic carbocycles. The van der Waals surface area contributed by atoms with Crippen LogP contribution in [-0.4, -0.2) is 38.5 Å². The highest BCUT2D eigenvalue weighted by molar-refractivity contribution is 7.80. The second-order valence-corrected chi connectivity index (χ2v) is 9.41. The number of para-hydroxylation sites is 1. The van der Waals surface area contributed by atoms with Crippen molar-refractivity contribution < 1.29 is 19.1 Å². The van der Waals surface area contributed by atoms with E-state index in [1.54, 1.807) is 24.4 Å². The number of aromatic carboxylic acids is 1. The molecule has 2 aromatic heterocycles. The lowest BCUT2D eigenvalue weighted by Gasteiger charge is -2.26. The molecular formula is C29H26N4O4S.